The van der Waals surface area contributed by atoms with Crippen molar-refractivity contribution in [2.24, 2.45) is 0 Å². The van der Waals surface area contributed by atoms with E-state index in [0.29, 0.717) is 24.3 Å². The summed E-state index contributed by atoms with van der Waals surface area (Å²) in [5, 5.41) is 0. The van der Waals surface area contributed by atoms with Crippen molar-refractivity contribution in [3.63, 3.8) is 0 Å². The molecule has 0 heterocycles. The number of esters is 2. The third kappa shape index (κ3) is 5.70. The lowest BCUT2D eigenvalue weighted by Crippen LogP contribution is -2.15. The van der Waals surface area contributed by atoms with Gasteiger partial charge in [0.2, 0.25) is 0 Å². The molecule has 0 N–H and O–H groups in total. The highest BCUT2D eigenvalue weighted by atomic mass is 16.6. The van der Waals surface area contributed by atoms with E-state index in [4.69, 9.17) is 14.2 Å². The topological polar surface area (TPSA) is 61.8 Å². The van der Waals surface area contributed by atoms with Crippen LogP contribution in [0.2, 0.25) is 0 Å². The molecule has 0 fully saturated rings. The molecule has 154 valence electrons. The fourth-order valence-corrected chi connectivity index (χ4v) is 2.84. The average molecular weight is 404 g/mol. The summed E-state index contributed by atoms with van der Waals surface area (Å²) in [7, 11) is 0. The van der Waals surface area contributed by atoms with E-state index in [1.54, 1.807) is 48.5 Å². The Bertz CT molecular complexity index is 982. The van der Waals surface area contributed by atoms with Gasteiger partial charge < -0.3 is 14.2 Å². The van der Waals surface area contributed by atoms with Gasteiger partial charge in [0, 0.05) is 6.42 Å². The summed E-state index contributed by atoms with van der Waals surface area (Å²) < 4.78 is 16.5. The number of benzene rings is 3. The number of carbonyl (C=O) groups is 2. The molecule has 3 aromatic carbocycles. The largest absolute Gasteiger partial charge is 0.493 e. The third-order valence-corrected chi connectivity index (χ3v) is 4.35. The van der Waals surface area contributed by atoms with Crippen molar-refractivity contribution in [2.75, 3.05) is 13.2 Å². The predicted molar refractivity (Wildman–Crippen MR) is 114 cm³/mol. The molecule has 0 saturated heterocycles. The molecular formula is C25H24O5. The molecule has 3 rings (SSSR count). The molecule has 5 nitrogen and oxygen atoms in total. The molecule has 30 heavy (non-hydrogen) atoms. The molecule has 0 amide bonds. The predicted octanol–water partition coefficient (Wildman–Crippen LogP) is 5.09. The summed E-state index contributed by atoms with van der Waals surface area (Å²) in [6.07, 6.45) is 1.43. The average Bonchev–Trinajstić information content (AvgIpc) is 2.79. The van der Waals surface area contributed by atoms with Crippen molar-refractivity contribution in [3.05, 3.63) is 95.6 Å². The van der Waals surface area contributed by atoms with Crippen LogP contribution in [0.15, 0.2) is 78.9 Å². The normalized spacial score (nSPS) is 10.3. The van der Waals surface area contributed by atoms with Crippen LogP contribution in [-0.2, 0) is 11.2 Å². The first-order chi connectivity index (χ1) is 14.7. The maximum atomic E-state index is 12.7. The van der Waals surface area contributed by atoms with Crippen LogP contribution in [0.25, 0.3) is 0 Å². The first-order valence-electron chi connectivity index (χ1n) is 9.93. The van der Waals surface area contributed by atoms with Crippen LogP contribution in [0.4, 0.5) is 0 Å². The summed E-state index contributed by atoms with van der Waals surface area (Å²) in [6, 6.07) is 23.2. The molecule has 0 saturated carbocycles. The Morgan fingerprint density at radius 1 is 0.700 bits per heavy atom. The zero-order valence-electron chi connectivity index (χ0n) is 16.9. The van der Waals surface area contributed by atoms with Crippen molar-refractivity contribution in [3.8, 4) is 11.5 Å². The van der Waals surface area contributed by atoms with Gasteiger partial charge in [0.15, 0.2) is 0 Å². The van der Waals surface area contributed by atoms with Gasteiger partial charge >= 0.3 is 11.9 Å². The van der Waals surface area contributed by atoms with E-state index in [2.05, 4.69) is 0 Å². The molecule has 0 spiro atoms. The highest BCUT2D eigenvalue weighted by Crippen LogP contribution is 2.24. The molecule has 0 bridgehead atoms. The van der Waals surface area contributed by atoms with Crippen LogP contribution < -0.4 is 9.47 Å². The highest BCUT2D eigenvalue weighted by Gasteiger charge is 2.19. The van der Waals surface area contributed by atoms with Gasteiger partial charge in [0.25, 0.3) is 0 Å². The van der Waals surface area contributed by atoms with Gasteiger partial charge in [-0.2, -0.15) is 0 Å². The van der Waals surface area contributed by atoms with Crippen LogP contribution in [0.5, 0.6) is 11.5 Å². The number of hydrogen-bond donors (Lipinski definition) is 0. The number of hydrogen-bond acceptors (Lipinski definition) is 5. The Hall–Kier alpha value is -3.60. The molecule has 0 aromatic heterocycles. The van der Waals surface area contributed by atoms with Gasteiger partial charge in [-0.15, -0.1) is 0 Å². The monoisotopic (exact) mass is 404 g/mol. The minimum atomic E-state index is -0.591. The van der Waals surface area contributed by atoms with Gasteiger partial charge in [-0.25, -0.2) is 9.59 Å². The second-order valence-corrected chi connectivity index (χ2v) is 6.60. The van der Waals surface area contributed by atoms with E-state index in [-0.39, 0.29) is 17.9 Å². The molecule has 0 aliphatic rings. The Balaban J connectivity index is 1.68. The molecule has 5 heteroatoms. The van der Waals surface area contributed by atoms with Crippen LogP contribution in [0.1, 0.15) is 39.6 Å². The summed E-state index contributed by atoms with van der Waals surface area (Å²) in [5.74, 6) is -0.527. The molecule has 0 aliphatic carbocycles. The highest BCUT2D eigenvalue weighted by molar-refractivity contribution is 5.97. The van der Waals surface area contributed by atoms with Crippen molar-refractivity contribution in [1.82, 2.24) is 0 Å². The van der Waals surface area contributed by atoms with Crippen LogP contribution in [-0.4, -0.2) is 25.2 Å². The first-order valence-corrected chi connectivity index (χ1v) is 9.93. The van der Waals surface area contributed by atoms with Crippen LogP contribution in [0, 0.1) is 0 Å². The van der Waals surface area contributed by atoms with E-state index in [1.165, 1.54) is 0 Å². The summed E-state index contributed by atoms with van der Waals surface area (Å²) >= 11 is 0. The van der Waals surface area contributed by atoms with Gasteiger partial charge in [0.05, 0.1) is 13.2 Å². The maximum absolute atomic E-state index is 12.7. The van der Waals surface area contributed by atoms with Gasteiger partial charge in [-0.1, -0.05) is 61.5 Å². The lowest BCUT2D eigenvalue weighted by Gasteiger charge is -2.12. The molecule has 3 aromatic rings. The Kier molecular flexibility index (Phi) is 7.61. The zero-order chi connectivity index (χ0) is 21.2. The number of para-hydroxylation sites is 2. The van der Waals surface area contributed by atoms with E-state index in [0.717, 1.165) is 12.0 Å². The quantitative estimate of drug-likeness (QED) is 0.367. The fraction of sp³-hybridized carbons (Fsp3) is 0.200. The van der Waals surface area contributed by atoms with Gasteiger partial charge in [-0.3, -0.25) is 0 Å². The minimum absolute atomic E-state index is 0.150. The Labute approximate surface area is 176 Å². The number of ether oxygens (including phenoxy) is 3. The summed E-state index contributed by atoms with van der Waals surface area (Å²) in [4.78, 5) is 25.3. The standard InChI is InChI=1S/C25H24O5/c1-2-17-28-22-14-8-6-12-20(22)25(27)30-23-15-9-7-13-21(23)24(26)29-18-16-19-10-4-3-5-11-19/h3-15H,2,16-18H2,1H3. The molecule has 0 unspecified atom stereocenters. The number of rotatable bonds is 9. The van der Waals surface area contributed by atoms with Crippen molar-refractivity contribution in [2.45, 2.75) is 19.8 Å². The summed E-state index contributed by atoms with van der Waals surface area (Å²) in [5.41, 5.74) is 1.58. The molecule has 0 atom stereocenters. The lowest BCUT2D eigenvalue weighted by atomic mass is 10.1. The minimum Gasteiger partial charge on any atom is -0.493 e. The molecule has 0 aliphatic heterocycles. The number of carbonyl (C=O) groups excluding carboxylic acids is 2. The van der Waals surface area contributed by atoms with E-state index < -0.39 is 11.9 Å². The summed E-state index contributed by atoms with van der Waals surface area (Å²) in [6.45, 7) is 2.72. The van der Waals surface area contributed by atoms with Crippen LogP contribution >= 0.6 is 0 Å². The SMILES string of the molecule is CCCOc1ccccc1C(=O)Oc1ccccc1C(=O)OCCc1ccccc1. The van der Waals surface area contributed by atoms with Crippen LogP contribution in [0.3, 0.4) is 0 Å². The second-order valence-electron chi connectivity index (χ2n) is 6.60. The van der Waals surface area contributed by atoms with Crippen molar-refractivity contribution in [1.29, 1.82) is 0 Å². The Morgan fingerprint density at radius 3 is 2.00 bits per heavy atom. The van der Waals surface area contributed by atoms with Gasteiger partial charge in [0.1, 0.15) is 22.6 Å². The van der Waals surface area contributed by atoms with Crippen molar-refractivity contribution >= 4 is 11.9 Å². The van der Waals surface area contributed by atoms with E-state index in [1.807, 2.05) is 37.3 Å². The van der Waals surface area contributed by atoms with E-state index >= 15 is 0 Å². The zero-order valence-corrected chi connectivity index (χ0v) is 16.9. The maximum Gasteiger partial charge on any atom is 0.347 e. The fourth-order valence-electron chi connectivity index (χ4n) is 2.84. The van der Waals surface area contributed by atoms with Gasteiger partial charge in [-0.05, 0) is 36.2 Å². The second kappa shape index (κ2) is 10.8. The smallest absolute Gasteiger partial charge is 0.347 e. The van der Waals surface area contributed by atoms with Crippen molar-refractivity contribution < 1.29 is 23.8 Å². The first kappa shape index (κ1) is 21.1. The Morgan fingerprint density at radius 2 is 1.30 bits per heavy atom. The molecular weight excluding hydrogens is 380 g/mol. The molecule has 0 radical (unpaired) electrons. The third-order valence-electron chi connectivity index (χ3n) is 4.35. The van der Waals surface area contributed by atoms with E-state index in [9.17, 15) is 9.59 Å². The lowest BCUT2D eigenvalue weighted by molar-refractivity contribution is 0.0503.